The molecule has 0 aliphatic rings. The number of benzene rings is 2. The number of hydrogen-bond acceptors (Lipinski definition) is 6. The molecule has 2 aromatic carbocycles. The first-order valence-electron chi connectivity index (χ1n) is 10.2. The lowest BCUT2D eigenvalue weighted by Crippen LogP contribution is -2.31. The summed E-state index contributed by atoms with van der Waals surface area (Å²) in [5.74, 6) is -0.487. The van der Waals surface area contributed by atoms with E-state index in [1.165, 1.54) is 17.1 Å². The molecule has 1 N–H and O–H groups in total. The minimum atomic E-state index is -0.617. The van der Waals surface area contributed by atoms with Crippen LogP contribution in [0.25, 0.3) is 21.9 Å². The summed E-state index contributed by atoms with van der Waals surface area (Å²) in [6.45, 7) is 7.12. The molecule has 0 amide bonds. The molecule has 4 aromatic rings. The second-order valence-electron chi connectivity index (χ2n) is 8.55. The minimum absolute atomic E-state index is 0.162. The highest BCUT2D eigenvalue weighted by Crippen LogP contribution is 2.31. The van der Waals surface area contributed by atoms with E-state index in [0.29, 0.717) is 5.69 Å². The molecule has 1 atom stereocenters. The van der Waals surface area contributed by atoms with Crippen LogP contribution < -0.4 is 10.9 Å². The highest BCUT2D eigenvalue weighted by molar-refractivity contribution is 6.05. The first kappa shape index (κ1) is 20.7. The number of carbonyl (C=O) groups excluding carboxylic acids is 1. The largest absolute Gasteiger partial charge is 0.459 e. The molecule has 0 radical (unpaired) electrons. The molecule has 0 spiro atoms. The van der Waals surface area contributed by atoms with E-state index < -0.39 is 11.6 Å². The molecular weight excluding hydrogens is 394 g/mol. The van der Waals surface area contributed by atoms with Gasteiger partial charge < -0.3 is 14.5 Å². The smallest absolute Gasteiger partial charge is 0.326 e. The molecule has 0 saturated carbocycles. The summed E-state index contributed by atoms with van der Waals surface area (Å²) in [4.78, 5) is 29.0. The van der Waals surface area contributed by atoms with Crippen LogP contribution in [0.3, 0.4) is 0 Å². The number of nitrogens with one attached hydrogen (secondary N) is 1. The van der Waals surface area contributed by atoms with Gasteiger partial charge in [-0.3, -0.25) is 14.2 Å². The lowest BCUT2D eigenvalue weighted by Gasteiger charge is -2.20. The van der Waals surface area contributed by atoms with Crippen molar-refractivity contribution in [2.75, 3.05) is 5.32 Å². The molecule has 0 bridgehead atoms. The van der Waals surface area contributed by atoms with Crippen LogP contribution in [-0.4, -0.2) is 21.1 Å². The molecule has 2 aromatic heterocycles. The van der Waals surface area contributed by atoms with Gasteiger partial charge in [-0.15, -0.1) is 0 Å². The van der Waals surface area contributed by atoms with E-state index in [1.807, 2.05) is 43.3 Å². The summed E-state index contributed by atoms with van der Waals surface area (Å²) in [6, 6.07) is 13.7. The van der Waals surface area contributed by atoms with Crippen molar-refractivity contribution in [1.29, 1.82) is 0 Å². The fourth-order valence-electron chi connectivity index (χ4n) is 3.50. The number of aromatic nitrogens is 2. The summed E-state index contributed by atoms with van der Waals surface area (Å²) < 4.78 is 12.4. The van der Waals surface area contributed by atoms with Crippen LogP contribution in [0, 0.1) is 0 Å². The third-order valence-electron chi connectivity index (χ3n) is 4.89. The zero-order chi connectivity index (χ0) is 22.2. The Morgan fingerprint density at radius 2 is 1.90 bits per heavy atom. The molecule has 31 heavy (non-hydrogen) atoms. The van der Waals surface area contributed by atoms with Crippen LogP contribution in [0.2, 0.25) is 0 Å². The summed E-state index contributed by atoms with van der Waals surface area (Å²) in [6.07, 6.45) is 2.81. The minimum Gasteiger partial charge on any atom is -0.459 e. The molecule has 0 saturated heterocycles. The average molecular weight is 419 g/mol. The molecule has 0 unspecified atom stereocenters. The van der Waals surface area contributed by atoms with Crippen LogP contribution in [0.4, 0.5) is 5.69 Å². The van der Waals surface area contributed by atoms with Gasteiger partial charge in [0.05, 0.1) is 12.5 Å². The van der Waals surface area contributed by atoms with Crippen LogP contribution >= 0.6 is 0 Å². The quantitative estimate of drug-likeness (QED) is 0.474. The number of ether oxygens (including phenoxy) is 1. The Bertz CT molecular complexity index is 1310. The Morgan fingerprint density at radius 3 is 2.68 bits per heavy atom. The summed E-state index contributed by atoms with van der Waals surface area (Å²) in [5.41, 5.74) is 2.03. The van der Waals surface area contributed by atoms with Gasteiger partial charge in [-0.2, -0.15) is 0 Å². The summed E-state index contributed by atoms with van der Waals surface area (Å²) >= 11 is 0. The van der Waals surface area contributed by atoms with Gasteiger partial charge in [-0.05, 0) is 51.5 Å². The number of carbonyl (C=O) groups is 1. The first-order valence-corrected chi connectivity index (χ1v) is 10.2. The fraction of sp³-hybridized carbons (Fsp3) is 0.292. The number of fused-ring (bicyclic) bond motifs is 3. The van der Waals surface area contributed by atoms with E-state index in [9.17, 15) is 9.59 Å². The fourth-order valence-corrected chi connectivity index (χ4v) is 3.50. The van der Waals surface area contributed by atoms with Gasteiger partial charge in [-0.25, -0.2) is 4.98 Å². The van der Waals surface area contributed by atoms with Gasteiger partial charge in [0.2, 0.25) is 0 Å². The van der Waals surface area contributed by atoms with E-state index in [1.54, 1.807) is 20.8 Å². The van der Waals surface area contributed by atoms with Gasteiger partial charge in [0, 0.05) is 16.8 Å². The van der Waals surface area contributed by atoms with E-state index in [2.05, 4.69) is 16.4 Å². The topological polar surface area (TPSA) is 86.4 Å². The summed E-state index contributed by atoms with van der Waals surface area (Å²) in [7, 11) is 0. The van der Waals surface area contributed by atoms with Crippen molar-refractivity contribution < 1.29 is 13.9 Å². The number of nitrogens with zero attached hydrogens (tertiary/aromatic N) is 2. The second kappa shape index (κ2) is 7.91. The van der Waals surface area contributed by atoms with Crippen molar-refractivity contribution in [3.63, 3.8) is 0 Å². The van der Waals surface area contributed by atoms with Gasteiger partial charge >= 0.3 is 5.97 Å². The Labute approximate surface area is 179 Å². The number of esters is 1. The molecular formula is C24H25N3O4. The van der Waals surface area contributed by atoms with Crippen molar-refractivity contribution in [3.8, 4) is 0 Å². The Kier molecular flexibility index (Phi) is 5.27. The molecule has 0 aliphatic carbocycles. The Balaban J connectivity index is 1.57. The van der Waals surface area contributed by atoms with E-state index >= 15 is 0 Å². The monoisotopic (exact) mass is 419 g/mol. The normalized spacial score (nSPS) is 12.8. The lowest BCUT2D eigenvalue weighted by atomic mass is 10.0. The first-order chi connectivity index (χ1) is 14.7. The maximum absolute atomic E-state index is 12.8. The Morgan fingerprint density at radius 1 is 1.16 bits per heavy atom. The molecule has 4 rings (SSSR count). The predicted octanol–water partition coefficient (Wildman–Crippen LogP) is 4.66. The maximum atomic E-state index is 12.8. The Hall–Kier alpha value is -3.61. The third kappa shape index (κ3) is 4.45. The van der Waals surface area contributed by atoms with Crippen molar-refractivity contribution in [3.05, 3.63) is 70.9 Å². The molecule has 7 nitrogen and oxygen atoms in total. The van der Waals surface area contributed by atoms with Crippen LogP contribution in [-0.2, 0) is 16.1 Å². The summed E-state index contributed by atoms with van der Waals surface area (Å²) in [5, 5.41) is 5.29. The lowest BCUT2D eigenvalue weighted by molar-refractivity contribution is -0.155. The highest BCUT2D eigenvalue weighted by Gasteiger charge is 2.18. The van der Waals surface area contributed by atoms with Gasteiger partial charge in [0.1, 0.15) is 29.0 Å². The van der Waals surface area contributed by atoms with Crippen molar-refractivity contribution in [2.45, 2.75) is 45.9 Å². The number of hydrogen-bond donors (Lipinski definition) is 1. The van der Waals surface area contributed by atoms with Crippen LogP contribution in [0.5, 0.6) is 0 Å². The number of para-hydroxylation sites is 1. The molecule has 0 aliphatic heterocycles. The van der Waals surface area contributed by atoms with Crippen molar-refractivity contribution in [1.82, 2.24) is 9.55 Å². The van der Waals surface area contributed by atoms with E-state index in [-0.39, 0.29) is 18.1 Å². The second-order valence-corrected chi connectivity index (χ2v) is 8.55. The van der Waals surface area contributed by atoms with Gasteiger partial charge in [0.15, 0.2) is 0 Å². The van der Waals surface area contributed by atoms with E-state index in [4.69, 9.17) is 9.15 Å². The number of anilines is 1. The predicted molar refractivity (Wildman–Crippen MR) is 120 cm³/mol. The van der Waals surface area contributed by atoms with Gasteiger partial charge in [0.25, 0.3) is 5.56 Å². The molecule has 7 heteroatoms. The molecule has 2 heterocycles. The third-order valence-corrected chi connectivity index (χ3v) is 4.89. The zero-order valence-electron chi connectivity index (χ0n) is 18.0. The SMILES string of the molecule is C[C@H](Nc1cncn(CC(=O)OC(C)(C)C)c1=O)c1ccc2oc3ccccc3c2c1. The number of rotatable bonds is 5. The van der Waals surface area contributed by atoms with Crippen LogP contribution in [0.15, 0.2) is 64.2 Å². The van der Waals surface area contributed by atoms with Crippen molar-refractivity contribution in [2.24, 2.45) is 0 Å². The standard InChI is InChI=1S/C24H25N3O4/c1-15(16-9-10-21-18(11-16)17-7-5-6-8-20(17)30-21)26-19-12-25-14-27(23(19)29)13-22(28)31-24(2,3)4/h5-12,14-15,26H,13H2,1-4H3/t15-/m0/s1. The maximum Gasteiger partial charge on any atom is 0.326 e. The highest BCUT2D eigenvalue weighted by atomic mass is 16.6. The van der Waals surface area contributed by atoms with Crippen molar-refractivity contribution >= 4 is 33.6 Å². The number of furan rings is 1. The van der Waals surface area contributed by atoms with Crippen LogP contribution in [0.1, 0.15) is 39.3 Å². The molecule has 160 valence electrons. The van der Waals surface area contributed by atoms with Gasteiger partial charge in [-0.1, -0.05) is 24.3 Å². The molecule has 0 fully saturated rings. The zero-order valence-corrected chi connectivity index (χ0v) is 18.0. The van der Waals surface area contributed by atoms with E-state index in [0.717, 1.165) is 27.5 Å². The average Bonchev–Trinajstić information content (AvgIpc) is 3.07.